The first-order chi connectivity index (χ1) is 10.3. The van der Waals surface area contributed by atoms with E-state index in [2.05, 4.69) is 10.4 Å². The first kappa shape index (κ1) is 13.9. The number of fused-ring (bicyclic) bond motifs is 1. The third kappa shape index (κ3) is 2.86. The van der Waals surface area contributed by atoms with Crippen LogP contribution in [0.1, 0.15) is 0 Å². The van der Waals surface area contributed by atoms with Gasteiger partial charge in [-0.2, -0.15) is 5.10 Å². The zero-order chi connectivity index (χ0) is 14.7. The summed E-state index contributed by atoms with van der Waals surface area (Å²) in [5.74, 6) is 0.835. The maximum absolute atomic E-state index is 6.39. The van der Waals surface area contributed by atoms with Crippen LogP contribution < -0.4 is 10.1 Å². The number of rotatable bonds is 5. The van der Waals surface area contributed by atoms with Crippen LogP contribution in [0, 0.1) is 0 Å². The van der Waals surface area contributed by atoms with E-state index in [1.165, 1.54) is 0 Å². The minimum atomic E-state index is 0.620. The van der Waals surface area contributed by atoms with Gasteiger partial charge >= 0.3 is 0 Å². The first-order valence-electron chi connectivity index (χ1n) is 6.80. The average molecular weight is 302 g/mol. The van der Waals surface area contributed by atoms with Gasteiger partial charge in [-0.05, 0) is 43.4 Å². The zero-order valence-electron chi connectivity index (χ0n) is 11.7. The second kappa shape index (κ2) is 6.16. The van der Waals surface area contributed by atoms with Crippen LogP contribution in [0.25, 0.3) is 16.6 Å². The Balaban J connectivity index is 1.87. The van der Waals surface area contributed by atoms with Crippen LogP contribution in [0.4, 0.5) is 0 Å². The van der Waals surface area contributed by atoms with Gasteiger partial charge in [-0.1, -0.05) is 23.7 Å². The number of ether oxygens (including phenoxy) is 1. The molecule has 0 spiro atoms. The highest BCUT2D eigenvalue weighted by Gasteiger charge is 2.09. The highest BCUT2D eigenvalue weighted by Crippen LogP contribution is 2.26. The smallest absolute Gasteiger partial charge is 0.140 e. The molecule has 0 fully saturated rings. The Labute approximate surface area is 128 Å². The second-order valence-electron chi connectivity index (χ2n) is 4.67. The lowest BCUT2D eigenvalue weighted by Gasteiger charge is -2.07. The summed E-state index contributed by atoms with van der Waals surface area (Å²) in [4.78, 5) is 0. The van der Waals surface area contributed by atoms with Crippen molar-refractivity contribution in [1.82, 2.24) is 15.1 Å². The molecule has 0 saturated carbocycles. The van der Waals surface area contributed by atoms with Gasteiger partial charge in [0.2, 0.25) is 0 Å². The van der Waals surface area contributed by atoms with Gasteiger partial charge in [0.05, 0.1) is 11.2 Å². The maximum atomic E-state index is 6.39. The lowest BCUT2D eigenvalue weighted by molar-refractivity contribution is 0.318. The van der Waals surface area contributed by atoms with Gasteiger partial charge in [0, 0.05) is 11.9 Å². The van der Waals surface area contributed by atoms with E-state index < -0.39 is 0 Å². The number of benzene rings is 2. The van der Waals surface area contributed by atoms with Crippen molar-refractivity contribution in [3.63, 3.8) is 0 Å². The lowest BCUT2D eigenvalue weighted by Crippen LogP contribution is -2.15. The highest BCUT2D eigenvalue weighted by atomic mass is 35.5. The molecule has 1 heterocycles. The molecular formula is C16H16ClN3O. The number of likely N-dealkylation sites (N-methyl/N-ethyl adjacent to an activating group) is 1. The molecule has 0 atom stereocenters. The van der Waals surface area contributed by atoms with E-state index in [4.69, 9.17) is 16.3 Å². The topological polar surface area (TPSA) is 39.1 Å². The van der Waals surface area contributed by atoms with Crippen LogP contribution >= 0.6 is 11.6 Å². The molecule has 4 nitrogen and oxygen atoms in total. The number of aromatic nitrogens is 2. The van der Waals surface area contributed by atoms with E-state index in [-0.39, 0.29) is 0 Å². The predicted molar refractivity (Wildman–Crippen MR) is 85.5 cm³/mol. The van der Waals surface area contributed by atoms with E-state index in [9.17, 15) is 0 Å². The van der Waals surface area contributed by atoms with Gasteiger partial charge in [0.15, 0.2) is 0 Å². The number of nitrogens with one attached hydrogen (secondary N) is 1. The number of halogens is 1. The SMILES string of the molecule is CNCCOc1ccc(-n2nc3ccccc3c2Cl)cc1. The lowest BCUT2D eigenvalue weighted by atomic mass is 10.2. The molecule has 3 aromatic rings. The fourth-order valence-electron chi connectivity index (χ4n) is 2.13. The molecule has 0 amide bonds. The van der Waals surface area contributed by atoms with Crippen LogP contribution in [-0.4, -0.2) is 30.0 Å². The van der Waals surface area contributed by atoms with E-state index in [1.807, 2.05) is 55.6 Å². The molecule has 1 N–H and O–H groups in total. The van der Waals surface area contributed by atoms with Gasteiger partial charge in [-0.25, -0.2) is 4.68 Å². The molecule has 2 aromatic carbocycles. The molecule has 0 saturated heterocycles. The van der Waals surface area contributed by atoms with E-state index in [0.29, 0.717) is 11.8 Å². The summed E-state index contributed by atoms with van der Waals surface area (Å²) in [6, 6.07) is 15.6. The monoisotopic (exact) mass is 301 g/mol. The predicted octanol–water partition coefficient (Wildman–Crippen LogP) is 3.28. The zero-order valence-corrected chi connectivity index (χ0v) is 12.5. The third-order valence-electron chi connectivity index (χ3n) is 3.22. The molecular weight excluding hydrogens is 286 g/mol. The van der Waals surface area contributed by atoms with Crippen LogP contribution in [0.3, 0.4) is 0 Å². The van der Waals surface area contributed by atoms with Gasteiger partial charge in [0.1, 0.15) is 17.5 Å². The Bertz CT molecular complexity index is 737. The highest BCUT2D eigenvalue weighted by molar-refractivity contribution is 6.34. The number of hydrogen-bond donors (Lipinski definition) is 1. The summed E-state index contributed by atoms with van der Waals surface area (Å²) in [6.07, 6.45) is 0. The Kier molecular flexibility index (Phi) is 4.08. The van der Waals surface area contributed by atoms with Gasteiger partial charge < -0.3 is 10.1 Å². The Morgan fingerprint density at radius 1 is 1.14 bits per heavy atom. The van der Waals surface area contributed by atoms with Gasteiger partial charge in [0.25, 0.3) is 0 Å². The normalized spacial score (nSPS) is 11.0. The van der Waals surface area contributed by atoms with E-state index >= 15 is 0 Å². The molecule has 0 radical (unpaired) electrons. The maximum Gasteiger partial charge on any atom is 0.140 e. The first-order valence-corrected chi connectivity index (χ1v) is 7.18. The van der Waals surface area contributed by atoms with Crippen molar-refractivity contribution in [1.29, 1.82) is 0 Å². The Morgan fingerprint density at radius 3 is 2.62 bits per heavy atom. The molecule has 0 aliphatic rings. The molecule has 5 heteroatoms. The molecule has 1 aromatic heterocycles. The molecule has 0 aliphatic carbocycles. The second-order valence-corrected chi connectivity index (χ2v) is 5.02. The van der Waals surface area contributed by atoms with Crippen LogP contribution in [-0.2, 0) is 0 Å². The van der Waals surface area contributed by atoms with E-state index in [1.54, 1.807) is 4.68 Å². The van der Waals surface area contributed by atoms with Crippen LogP contribution in [0.15, 0.2) is 48.5 Å². The fourth-order valence-corrected chi connectivity index (χ4v) is 2.42. The van der Waals surface area contributed by atoms with E-state index in [0.717, 1.165) is 28.9 Å². The minimum absolute atomic E-state index is 0.620. The van der Waals surface area contributed by atoms with Crippen molar-refractivity contribution in [2.45, 2.75) is 0 Å². The molecule has 0 unspecified atom stereocenters. The Morgan fingerprint density at radius 2 is 1.90 bits per heavy atom. The standard InChI is InChI=1S/C16H16ClN3O/c1-18-10-11-21-13-8-6-12(7-9-13)20-16(17)14-4-2-3-5-15(14)19-20/h2-9,18H,10-11H2,1H3. The fraction of sp³-hybridized carbons (Fsp3) is 0.188. The van der Waals surface area contributed by atoms with Gasteiger partial charge in [-0.3, -0.25) is 0 Å². The van der Waals surface area contributed by atoms with Crippen molar-refractivity contribution in [2.24, 2.45) is 0 Å². The summed E-state index contributed by atoms with van der Waals surface area (Å²) < 4.78 is 7.34. The summed E-state index contributed by atoms with van der Waals surface area (Å²) in [6.45, 7) is 1.46. The third-order valence-corrected chi connectivity index (χ3v) is 3.59. The van der Waals surface area contributed by atoms with Crippen LogP contribution in [0.2, 0.25) is 5.15 Å². The average Bonchev–Trinajstić information content (AvgIpc) is 2.86. The Hall–Kier alpha value is -2.04. The van der Waals surface area contributed by atoms with Crippen LogP contribution in [0.5, 0.6) is 5.75 Å². The summed E-state index contributed by atoms with van der Waals surface area (Å²) >= 11 is 6.39. The summed E-state index contributed by atoms with van der Waals surface area (Å²) in [5, 5.41) is 9.13. The number of hydrogen-bond acceptors (Lipinski definition) is 3. The van der Waals surface area contributed by atoms with Crippen molar-refractivity contribution >= 4 is 22.5 Å². The van der Waals surface area contributed by atoms with Crippen molar-refractivity contribution in [3.05, 3.63) is 53.7 Å². The molecule has 3 rings (SSSR count). The quantitative estimate of drug-likeness (QED) is 0.735. The molecule has 0 bridgehead atoms. The minimum Gasteiger partial charge on any atom is -0.492 e. The summed E-state index contributed by atoms with van der Waals surface area (Å²) in [5.41, 5.74) is 1.80. The largest absolute Gasteiger partial charge is 0.492 e. The molecule has 0 aliphatic heterocycles. The van der Waals surface area contributed by atoms with Crippen molar-refractivity contribution in [2.75, 3.05) is 20.2 Å². The summed E-state index contributed by atoms with van der Waals surface area (Å²) in [7, 11) is 1.90. The number of nitrogens with zero attached hydrogens (tertiary/aromatic N) is 2. The van der Waals surface area contributed by atoms with Crippen molar-refractivity contribution < 1.29 is 4.74 Å². The van der Waals surface area contributed by atoms with Gasteiger partial charge in [-0.15, -0.1) is 0 Å². The molecule has 108 valence electrons. The van der Waals surface area contributed by atoms with Crippen molar-refractivity contribution in [3.8, 4) is 11.4 Å². The molecule has 21 heavy (non-hydrogen) atoms.